The Labute approximate surface area is 114 Å². The van der Waals surface area contributed by atoms with Gasteiger partial charge in [0.05, 0.1) is 14.5 Å². The Morgan fingerprint density at radius 1 is 1.40 bits per heavy atom. The zero-order valence-electron chi connectivity index (χ0n) is 8.58. The number of hydrogen-bond donors (Lipinski definition) is 0. The maximum atomic E-state index is 6.27. The van der Waals surface area contributed by atoms with Crippen molar-refractivity contribution in [3.8, 4) is 0 Å². The summed E-state index contributed by atoms with van der Waals surface area (Å²) in [7, 11) is 0. The van der Waals surface area contributed by atoms with Crippen molar-refractivity contribution >= 4 is 50.7 Å². The smallest absolute Gasteiger partial charge is 0.0601 e. The van der Waals surface area contributed by atoms with Crippen LogP contribution in [0.15, 0.2) is 10.5 Å². The molecule has 0 aliphatic carbocycles. The molecule has 1 rings (SSSR count). The van der Waals surface area contributed by atoms with E-state index in [2.05, 4.69) is 29.8 Å². The molecular formula is C11H12BrCl3. The number of benzene rings is 1. The van der Waals surface area contributed by atoms with Gasteiger partial charge in [-0.2, -0.15) is 0 Å². The lowest BCUT2D eigenvalue weighted by atomic mass is 9.94. The molecule has 0 spiro atoms. The molecule has 0 saturated heterocycles. The fraction of sp³-hybridized carbons (Fsp3) is 0.455. The number of halogens is 4. The lowest BCUT2D eigenvalue weighted by molar-refractivity contribution is 0.727. The van der Waals surface area contributed by atoms with Crippen LogP contribution in [0.5, 0.6) is 0 Å². The van der Waals surface area contributed by atoms with E-state index in [1.165, 1.54) is 0 Å². The Morgan fingerprint density at radius 2 is 2.00 bits per heavy atom. The van der Waals surface area contributed by atoms with Crippen molar-refractivity contribution in [3.05, 3.63) is 31.7 Å². The van der Waals surface area contributed by atoms with Crippen LogP contribution in [-0.2, 0) is 5.88 Å². The highest BCUT2D eigenvalue weighted by atomic mass is 79.9. The van der Waals surface area contributed by atoms with Crippen molar-refractivity contribution in [2.45, 2.75) is 32.1 Å². The highest BCUT2D eigenvalue weighted by Crippen LogP contribution is 2.40. The molecule has 0 N–H and O–H groups in total. The minimum Gasteiger partial charge on any atom is -0.122 e. The molecule has 1 unspecified atom stereocenters. The third kappa shape index (κ3) is 2.82. The predicted molar refractivity (Wildman–Crippen MR) is 72.4 cm³/mol. The molecule has 0 bridgehead atoms. The number of alkyl halides is 1. The largest absolute Gasteiger partial charge is 0.122 e. The van der Waals surface area contributed by atoms with Crippen molar-refractivity contribution in [2.75, 3.05) is 0 Å². The molecule has 1 aromatic carbocycles. The van der Waals surface area contributed by atoms with Gasteiger partial charge in [-0.1, -0.05) is 37.0 Å². The van der Waals surface area contributed by atoms with E-state index in [1.54, 1.807) is 0 Å². The van der Waals surface area contributed by atoms with Crippen molar-refractivity contribution in [2.24, 2.45) is 0 Å². The summed E-state index contributed by atoms with van der Waals surface area (Å²) in [6, 6.07) is 1.88. The van der Waals surface area contributed by atoms with Gasteiger partial charge >= 0.3 is 0 Å². The van der Waals surface area contributed by atoms with Crippen LogP contribution in [-0.4, -0.2) is 0 Å². The Bertz CT molecular complexity index is 363. The molecule has 0 aliphatic heterocycles. The third-order valence-electron chi connectivity index (χ3n) is 2.53. The van der Waals surface area contributed by atoms with Gasteiger partial charge in [0.25, 0.3) is 0 Å². The number of hydrogen-bond acceptors (Lipinski definition) is 0. The molecule has 1 aromatic rings. The Kier molecular flexibility index (Phi) is 5.24. The molecule has 0 radical (unpaired) electrons. The third-order valence-corrected chi connectivity index (χ3v) is 4.79. The van der Waals surface area contributed by atoms with Gasteiger partial charge in [-0.05, 0) is 45.5 Å². The van der Waals surface area contributed by atoms with Gasteiger partial charge in [0, 0.05) is 5.88 Å². The SMILES string of the molecule is CCC(C)c1c(CCl)cc(Cl)c(Br)c1Cl. The van der Waals surface area contributed by atoms with E-state index in [1.807, 2.05) is 6.07 Å². The van der Waals surface area contributed by atoms with Gasteiger partial charge in [0.15, 0.2) is 0 Å². The molecule has 4 heteroatoms. The first-order chi connectivity index (χ1) is 7.02. The maximum Gasteiger partial charge on any atom is 0.0601 e. The molecule has 84 valence electrons. The highest BCUT2D eigenvalue weighted by Gasteiger charge is 2.17. The fourth-order valence-corrected chi connectivity index (χ4v) is 2.74. The van der Waals surface area contributed by atoms with E-state index in [0.29, 0.717) is 21.8 Å². The average molecular weight is 330 g/mol. The molecule has 0 fully saturated rings. The second-order valence-electron chi connectivity index (χ2n) is 3.50. The first kappa shape index (κ1) is 13.6. The number of rotatable bonds is 3. The summed E-state index contributed by atoms with van der Waals surface area (Å²) in [4.78, 5) is 0. The van der Waals surface area contributed by atoms with Crippen LogP contribution >= 0.6 is 50.7 Å². The van der Waals surface area contributed by atoms with Gasteiger partial charge in [0.2, 0.25) is 0 Å². The maximum absolute atomic E-state index is 6.27. The van der Waals surface area contributed by atoms with Crippen LogP contribution in [0.1, 0.15) is 37.3 Å². The molecule has 0 aromatic heterocycles. The summed E-state index contributed by atoms with van der Waals surface area (Å²) >= 11 is 21.6. The second kappa shape index (κ2) is 5.77. The van der Waals surface area contributed by atoms with Crippen molar-refractivity contribution in [1.82, 2.24) is 0 Å². The van der Waals surface area contributed by atoms with Crippen molar-refractivity contribution < 1.29 is 0 Å². The van der Waals surface area contributed by atoms with Gasteiger partial charge in [-0.25, -0.2) is 0 Å². The minimum absolute atomic E-state index is 0.389. The quantitative estimate of drug-likeness (QED) is 0.470. The standard InChI is InChI=1S/C11H12BrCl3/c1-3-6(2)9-7(5-13)4-8(14)10(12)11(9)15/h4,6H,3,5H2,1-2H3. The van der Waals surface area contributed by atoms with E-state index in [-0.39, 0.29) is 0 Å². The van der Waals surface area contributed by atoms with E-state index in [9.17, 15) is 0 Å². The molecule has 0 heterocycles. The van der Waals surface area contributed by atoms with Gasteiger partial charge < -0.3 is 0 Å². The van der Waals surface area contributed by atoms with Crippen molar-refractivity contribution in [1.29, 1.82) is 0 Å². The first-order valence-corrected chi connectivity index (χ1v) is 6.83. The minimum atomic E-state index is 0.389. The zero-order chi connectivity index (χ0) is 11.6. The first-order valence-electron chi connectivity index (χ1n) is 4.75. The van der Waals surface area contributed by atoms with Gasteiger partial charge in [0.1, 0.15) is 0 Å². The molecule has 0 saturated carbocycles. The molecule has 0 aliphatic rings. The zero-order valence-corrected chi connectivity index (χ0v) is 12.4. The summed E-state index contributed by atoms with van der Waals surface area (Å²) in [6.07, 6.45) is 1.03. The second-order valence-corrected chi connectivity index (χ2v) is 5.35. The van der Waals surface area contributed by atoms with Crippen LogP contribution in [0.2, 0.25) is 10.0 Å². The lowest BCUT2D eigenvalue weighted by Gasteiger charge is -2.17. The molecule has 0 nitrogen and oxygen atoms in total. The van der Waals surface area contributed by atoms with Crippen LogP contribution in [0.4, 0.5) is 0 Å². The Balaban J connectivity index is 3.40. The van der Waals surface area contributed by atoms with E-state index >= 15 is 0 Å². The summed E-state index contributed by atoms with van der Waals surface area (Å²) in [5.74, 6) is 0.826. The average Bonchev–Trinajstić information content (AvgIpc) is 2.24. The lowest BCUT2D eigenvalue weighted by Crippen LogP contribution is -1.99. The molecule has 15 heavy (non-hydrogen) atoms. The Morgan fingerprint density at radius 3 is 2.47 bits per heavy atom. The monoisotopic (exact) mass is 328 g/mol. The highest BCUT2D eigenvalue weighted by molar-refractivity contribution is 9.10. The van der Waals surface area contributed by atoms with Gasteiger partial charge in [-0.3, -0.25) is 0 Å². The molecule has 0 amide bonds. The van der Waals surface area contributed by atoms with E-state index < -0.39 is 0 Å². The van der Waals surface area contributed by atoms with E-state index in [0.717, 1.165) is 22.0 Å². The summed E-state index contributed by atoms with van der Waals surface area (Å²) < 4.78 is 0.759. The van der Waals surface area contributed by atoms with Crippen molar-refractivity contribution in [3.63, 3.8) is 0 Å². The van der Waals surface area contributed by atoms with E-state index in [4.69, 9.17) is 34.8 Å². The van der Waals surface area contributed by atoms with Gasteiger partial charge in [-0.15, -0.1) is 11.6 Å². The molecular weight excluding hydrogens is 318 g/mol. The topological polar surface area (TPSA) is 0 Å². The van der Waals surface area contributed by atoms with Crippen LogP contribution in [0.3, 0.4) is 0 Å². The predicted octanol–water partition coefficient (Wildman–Crippen LogP) is 6.01. The summed E-state index contributed by atoms with van der Waals surface area (Å²) in [5, 5.41) is 1.30. The summed E-state index contributed by atoms with van der Waals surface area (Å²) in [6.45, 7) is 4.26. The fourth-order valence-electron chi connectivity index (χ4n) is 1.51. The van der Waals surface area contributed by atoms with Crippen LogP contribution in [0.25, 0.3) is 0 Å². The normalized spacial score (nSPS) is 12.9. The summed E-state index contributed by atoms with van der Waals surface area (Å²) in [5.41, 5.74) is 2.12. The Hall–Kier alpha value is 0.570. The van der Waals surface area contributed by atoms with Crippen LogP contribution < -0.4 is 0 Å². The van der Waals surface area contributed by atoms with Crippen LogP contribution in [0, 0.1) is 0 Å². The molecule has 1 atom stereocenters.